The summed E-state index contributed by atoms with van der Waals surface area (Å²) in [5.41, 5.74) is 2.95. The van der Waals surface area contributed by atoms with Gasteiger partial charge in [0.15, 0.2) is 23.4 Å². The van der Waals surface area contributed by atoms with E-state index in [1.807, 2.05) is 6.92 Å². The molecule has 3 aromatic rings. The normalized spacial score (nSPS) is 17.0. The lowest BCUT2D eigenvalue weighted by molar-refractivity contribution is -0.525. The minimum Gasteiger partial charge on any atom is -0.504 e. The van der Waals surface area contributed by atoms with Crippen molar-refractivity contribution in [2.75, 3.05) is 18.4 Å². The fourth-order valence-corrected chi connectivity index (χ4v) is 3.74. The van der Waals surface area contributed by atoms with E-state index in [1.54, 1.807) is 25.1 Å². The third-order valence-corrected chi connectivity index (χ3v) is 5.19. The number of aromatic nitrogens is 2. The summed E-state index contributed by atoms with van der Waals surface area (Å²) < 4.78 is 22.2. The number of benzene rings is 1. The number of aromatic hydroxyl groups is 1. The Labute approximate surface area is 162 Å². The van der Waals surface area contributed by atoms with Gasteiger partial charge in [0.2, 0.25) is 5.65 Å². The Morgan fingerprint density at radius 1 is 1.29 bits per heavy atom. The molecular weight excluding hydrogens is 359 g/mol. The number of fused-ring (bicyclic) bond motifs is 1. The van der Waals surface area contributed by atoms with Gasteiger partial charge in [0.1, 0.15) is 19.1 Å². The van der Waals surface area contributed by atoms with E-state index in [4.69, 9.17) is 4.42 Å². The average molecular weight is 383 g/mol. The molecule has 0 unspecified atom stereocenters. The Morgan fingerprint density at radius 2 is 2.11 bits per heavy atom. The van der Waals surface area contributed by atoms with Crippen LogP contribution in [0.25, 0.3) is 22.5 Å². The third kappa shape index (κ3) is 3.32. The summed E-state index contributed by atoms with van der Waals surface area (Å²) >= 11 is 0. The maximum atomic E-state index is 14.2. The van der Waals surface area contributed by atoms with E-state index >= 15 is 0 Å². The molecule has 3 heterocycles. The van der Waals surface area contributed by atoms with Gasteiger partial charge in [-0.2, -0.15) is 4.98 Å². The summed E-state index contributed by atoms with van der Waals surface area (Å²) in [5.74, 6) is -1.01. The van der Waals surface area contributed by atoms with E-state index in [1.165, 1.54) is 0 Å². The number of nitrogens with one attached hydrogen (secondary N) is 1. The van der Waals surface area contributed by atoms with Gasteiger partial charge >= 0.3 is 0 Å². The van der Waals surface area contributed by atoms with Crippen LogP contribution in [0.5, 0.6) is 5.75 Å². The van der Waals surface area contributed by atoms with Crippen molar-refractivity contribution >= 4 is 23.5 Å². The van der Waals surface area contributed by atoms with Crippen LogP contribution in [0.4, 0.5) is 10.4 Å². The Bertz CT molecular complexity index is 1070. The first-order valence-corrected chi connectivity index (χ1v) is 9.58. The van der Waals surface area contributed by atoms with Crippen molar-refractivity contribution in [1.82, 2.24) is 9.97 Å². The van der Waals surface area contributed by atoms with E-state index in [2.05, 4.69) is 33.0 Å². The maximum Gasteiger partial charge on any atom is 0.297 e. The van der Waals surface area contributed by atoms with Crippen LogP contribution in [0.15, 0.2) is 22.6 Å². The Hall–Kier alpha value is -2.96. The van der Waals surface area contributed by atoms with Crippen molar-refractivity contribution in [3.05, 3.63) is 35.1 Å². The summed E-state index contributed by atoms with van der Waals surface area (Å²) in [6, 6.07) is 5.73. The number of hydrogen-bond donors (Lipinski definition) is 2. The molecule has 0 saturated heterocycles. The Morgan fingerprint density at radius 3 is 2.89 bits per heavy atom. The second-order valence-electron chi connectivity index (χ2n) is 7.26. The van der Waals surface area contributed by atoms with Crippen molar-refractivity contribution in [3.8, 4) is 17.0 Å². The van der Waals surface area contributed by atoms with Gasteiger partial charge in [-0.1, -0.05) is 6.07 Å². The fourth-order valence-electron chi connectivity index (χ4n) is 3.74. The van der Waals surface area contributed by atoms with Gasteiger partial charge in [-0.25, -0.2) is 13.9 Å². The SMILES string of the molecule is CC[N+]1=C[C@H](Nc2nc3nc(-c4c(C)cc(C)c(F)c4O)ccc3o2)CCC1. The highest BCUT2D eigenvalue weighted by Gasteiger charge is 2.21. The smallest absolute Gasteiger partial charge is 0.297 e. The first kappa shape index (κ1) is 18.4. The van der Waals surface area contributed by atoms with Gasteiger partial charge in [0, 0.05) is 12.0 Å². The van der Waals surface area contributed by atoms with E-state index in [0.29, 0.717) is 34.1 Å². The van der Waals surface area contributed by atoms with Gasteiger partial charge in [-0.05, 0) is 50.5 Å². The molecule has 28 heavy (non-hydrogen) atoms. The van der Waals surface area contributed by atoms with Crippen LogP contribution >= 0.6 is 0 Å². The van der Waals surface area contributed by atoms with Crippen LogP contribution in [-0.4, -0.2) is 45.0 Å². The second kappa shape index (κ2) is 7.22. The van der Waals surface area contributed by atoms with Gasteiger partial charge in [0.25, 0.3) is 6.01 Å². The third-order valence-electron chi connectivity index (χ3n) is 5.19. The summed E-state index contributed by atoms with van der Waals surface area (Å²) in [6.07, 6.45) is 4.31. The predicted molar refractivity (Wildman–Crippen MR) is 107 cm³/mol. The topological polar surface area (TPSA) is 74.2 Å². The molecular formula is C21H24FN4O2+. The van der Waals surface area contributed by atoms with Gasteiger partial charge in [-0.3, -0.25) is 0 Å². The molecule has 0 spiro atoms. The summed E-state index contributed by atoms with van der Waals surface area (Å²) in [4.78, 5) is 8.93. The minimum absolute atomic E-state index is 0.165. The van der Waals surface area contributed by atoms with Crippen molar-refractivity contribution in [2.24, 2.45) is 0 Å². The van der Waals surface area contributed by atoms with E-state index < -0.39 is 5.82 Å². The number of pyridine rings is 1. The zero-order valence-corrected chi connectivity index (χ0v) is 16.3. The van der Waals surface area contributed by atoms with Crippen LogP contribution < -0.4 is 5.32 Å². The van der Waals surface area contributed by atoms with Crippen LogP contribution in [-0.2, 0) is 0 Å². The van der Waals surface area contributed by atoms with Crippen molar-refractivity contribution in [2.45, 2.75) is 39.7 Å². The first-order chi connectivity index (χ1) is 13.5. The minimum atomic E-state index is -0.627. The quantitative estimate of drug-likeness (QED) is 0.666. The van der Waals surface area contributed by atoms with Crippen molar-refractivity contribution < 1.29 is 18.5 Å². The average Bonchev–Trinajstić information content (AvgIpc) is 3.08. The molecule has 1 atom stereocenters. The van der Waals surface area contributed by atoms with Crippen molar-refractivity contribution in [1.29, 1.82) is 0 Å². The molecule has 0 saturated carbocycles. The highest BCUT2D eigenvalue weighted by atomic mass is 19.1. The lowest BCUT2D eigenvalue weighted by atomic mass is 10.0. The first-order valence-electron chi connectivity index (χ1n) is 9.58. The second-order valence-corrected chi connectivity index (χ2v) is 7.26. The molecule has 0 aliphatic carbocycles. The molecule has 0 amide bonds. The molecule has 146 valence electrons. The molecule has 0 fully saturated rings. The number of aryl methyl sites for hydroxylation is 2. The number of phenolic OH excluding ortho intramolecular Hbond substituents is 1. The molecule has 4 rings (SSSR count). The number of oxazole rings is 1. The van der Waals surface area contributed by atoms with Crippen LogP contribution in [0.1, 0.15) is 30.9 Å². The van der Waals surface area contributed by atoms with E-state index in [-0.39, 0.29) is 11.8 Å². The predicted octanol–water partition coefficient (Wildman–Crippen LogP) is 4.03. The molecule has 6 nitrogen and oxygen atoms in total. The monoisotopic (exact) mass is 383 g/mol. The van der Waals surface area contributed by atoms with Crippen LogP contribution in [0.2, 0.25) is 0 Å². The Balaban J connectivity index is 1.67. The largest absolute Gasteiger partial charge is 0.504 e. The molecule has 1 aliphatic rings. The summed E-state index contributed by atoms with van der Waals surface area (Å²) in [5, 5.41) is 13.6. The molecule has 0 bridgehead atoms. The van der Waals surface area contributed by atoms with Gasteiger partial charge in [0.05, 0.1) is 5.69 Å². The van der Waals surface area contributed by atoms with E-state index in [0.717, 1.165) is 31.5 Å². The zero-order chi connectivity index (χ0) is 19.8. The molecule has 7 heteroatoms. The molecule has 2 aromatic heterocycles. The number of anilines is 1. The lowest BCUT2D eigenvalue weighted by Gasteiger charge is -2.16. The van der Waals surface area contributed by atoms with Gasteiger partial charge in [-0.15, -0.1) is 0 Å². The van der Waals surface area contributed by atoms with E-state index in [9.17, 15) is 9.50 Å². The molecule has 1 aliphatic heterocycles. The fraction of sp³-hybridized carbons (Fsp3) is 0.381. The number of hydrogen-bond acceptors (Lipinski definition) is 5. The maximum absolute atomic E-state index is 14.2. The Kier molecular flexibility index (Phi) is 4.75. The number of nitrogens with zero attached hydrogens (tertiary/aromatic N) is 3. The number of rotatable bonds is 4. The molecule has 0 radical (unpaired) electrons. The molecule has 2 N–H and O–H groups in total. The van der Waals surface area contributed by atoms with Crippen molar-refractivity contribution in [3.63, 3.8) is 0 Å². The summed E-state index contributed by atoms with van der Waals surface area (Å²) in [7, 11) is 0. The zero-order valence-electron chi connectivity index (χ0n) is 16.3. The van der Waals surface area contributed by atoms with Crippen LogP contribution in [0.3, 0.4) is 0 Å². The number of phenols is 1. The molecule has 1 aromatic carbocycles. The summed E-state index contributed by atoms with van der Waals surface area (Å²) in [6.45, 7) is 7.63. The number of halogens is 1. The lowest BCUT2D eigenvalue weighted by Crippen LogP contribution is -2.33. The van der Waals surface area contributed by atoms with Crippen LogP contribution in [0, 0.1) is 19.7 Å². The van der Waals surface area contributed by atoms with Gasteiger partial charge < -0.3 is 14.8 Å². The highest BCUT2D eigenvalue weighted by molar-refractivity contribution is 5.79. The standard InChI is InChI=1S/C21H23FN4O2/c1-4-26-9-5-6-14(11-26)23-21-25-20-16(28-21)8-7-15(24-20)17-12(2)10-13(3)18(22)19(17)27/h7-8,10-11,14H,4-6,9H2,1-3H3,(H-,23,24,25,27)/p+1/t14-/m1/s1. The highest BCUT2D eigenvalue weighted by Crippen LogP contribution is 2.36.